The van der Waals surface area contributed by atoms with Crippen LogP contribution < -0.4 is 0 Å². The molecule has 2 nitrogen and oxygen atoms in total. The van der Waals surface area contributed by atoms with Gasteiger partial charge < -0.3 is 9.13 Å². The maximum Gasteiger partial charge on any atom is 0.0552 e. The molecule has 0 atom stereocenters. The summed E-state index contributed by atoms with van der Waals surface area (Å²) in [5.74, 6) is 0. The van der Waals surface area contributed by atoms with E-state index in [1.807, 2.05) is 0 Å². The first-order valence-corrected chi connectivity index (χ1v) is 29.2. The number of rotatable bonds is 11. The molecule has 0 spiro atoms. The van der Waals surface area contributed by atoms with E-state index in [2.05, 4.69) is 325 Å². The van der Waals surface area contributed by atoms with E-state index in [9.17, 15) is 0 Å². The highest BCUT2D eigenvalue weighted by atomic mass is 32.3. The summed E-state index contributed by atoms with van der Waals surface area (Å²) in [6.45, 7) is 0. The van der Waals surface area contributed by atoms with E-state index in [0.29, 0.717) is 0 Å². The highest BCUT2D eigenvalue weighted by molar-refractivity contribution is 8.34. The fourth-order valence-electron chi connectivity index (χ4n) is 12.0. The van der Waals surface area contributed by atoms with Crippen LogP contribution in [-0.4, -0.2) is 9.13 Å². The summed E-state index contributed by atoms with van der Waals surface area (Å²) in [6.07, 6.45) is 0. The molecule has 0 aliphatic heterocycles. The Kier molecular flexibility index (Phi) is 11.4. The third-order valence-corrected chi connectivity index (χ3v) is 23.0. The van der Waals surface area contributed by atoms with Gasteiger partial charge in [0.1, 0.15) is 0 Å². The van der Waals surface area contributed by atoms with Gasteiger partial charge in [-0.15, -0.1) is 20.1 Å². The molecular formula is C72H52N2S2. The molecule has 0 aliphatic rings. The summed E-state index contributed by atoms with van der Waals surface area (Å²) in [4.78, 5) is 10.4. The van der Waals surface area contributed by atoms with Gasteiger partial charge in [0.05, 0.1) is 27.8 Å². The smallest absolute Gasteiger partial charge is 0.0552 e. The van der Waals surface area contributed by atoms with Crippen molar-refractivity contribution in [3.63, 3.8) is 0 Å². The molecule has 12 aromatic carbocycles. The molecule has 0 unspecified atom stereocenters. The fraction of sp³-hybridized carbons (Fsp3) is 0. The van der Waals surface area contributed by atoms with E-state index in [1.54, 1.807) is 0 Å². The lowest BCUT2D eigenvalue weighted by Crippen LogP contribution is -2.06. The Balaban J connectivity index is 1.12. The Labute approximate surface area is 447 Å². The van der Waals surface area contributed by atoms with E-state index >= 15 is 0 Å². The Morgan fingerprint density at radius 3 is 1.22 bits per heavy atom. The van der Waals surface area contributed by atoms with Gasteiger partial charge in [-0.3, -0.25) is 0 Å². The average Bonchev–Trinajstić information content (AvgIpc) is 4.05. The number of hydrogen-bond acceptors (Lipinski definition) is 0. The minimum atomic E-state index is -2.11. The lowest BCUT2D eigenvalue weighted by Gasteiger charge is -2.42. The van der Waals surface area contributed by atoms with Crippen LogP contribution in [0.5, 0.6) is 0 Å². The molecule has 0 amide bonds. The van der Waals surface area contributed by atoms with Crippen LogP contribution in [0.3, 0.4) is 0 Å². The molecule has 362 valence electrons. The molecule has 0 saturated carbocycles. The van der Waals surface area contributed by atoms with Crippen molar-refractivity contribution in [2.45, 2.75) is 39.2 Å². The van der Waals surface area contributed by atoms with Crippen molar-refractivity contribution in [2.24, 2.45) is 0 Å². The molecular weight excluding hydrogens is 957 g/mol. The second kappa shape index (κ2) is 19.0. The molecule has 0 N–H and O–H groups in total. The molecule has 0 aliphatic carbocycles. The summed E-state index contributed by atoms with van der Waals surface area (Å²) >= 11 is 0. The Morgan fingerprint density at radius 2 is 0.671 bits per heavy atom. The molecule has 0 fully saturated rings. The van der Waals surface area contributed by atoms with E-state index in [4.69, 9.17) is 0 Å². The average molecular weight is 1010 g/mol. The SMILES string of the molecule is c1ccc(-c2ccccc2-n2c3ccc(-n4c5ccccc5c5ccc(S(c6ccccc6)(c6ccccc6)c6ccccc6)cc54)cc3c3c(S(c4ccccc4)(c4ccccc4)c4ccccc4)cccc32)cc1. The second-order valence-electron chi connectivity index (χ2n) is 19.2. The minimum Gasteiger partial charge on any atom is -0.309 e. The maximum absolute atomic E-state index is 2.54. The highest BCUT2D eigenvalue weighted by Gasteiger charge is 2.37. The Morgan fingerprint density at radius 1 is 0.237 bits per heavy atom. The van der Waals surface area contributed by atoms with E-state index in [0.717, 1.165) is 16.9 Å². The quantitative estimate of drug-likeness (QED) is 0.122. The van der Waals surface area contributed by atoms with Crippen LogP contribution in [0.1, 0.15) is 0 Å². The molecule has 4 heteroatoms. The fourth-order valence-corrected chi connectivity index (χ4v) is 19.9. The van der Waals surface area contributed by atoms with Crippen molar-refractivity contribution in [3.05, 3.63) is 315 Å². The van der Waals surface area contributed by atoms with Crippen LogP contribution in [0.4, 0.5) is 0 Å². The largest absolute Gasteiger partial charge is 0.309 e. The predicted molar refractivity (Wildman–Crippen MR) is 321 cm³/mol. The van der Waals surface area contributed by atoms with E-state index in [-0.39, 0.29) is 0 Å². The van der Waals surface area contributed by atoms with Gasteiger partial charge in [-0.25, -0.2) is 0 Å². The molecule has 14 rings (SSSR count). The molecule has 76 heavy (non-hydrogen) atoms. The Bertz CT molecular complexity index is 4170. The van der Waals surface area contributed by atoms with Crippen LogP contribution in [0, 0.1) is 0 Å². The van der Waals surface area contributed by atoms with Crippen molar-refractivity contribution in [1.82, 2.24) is 9.13 Å². The van der Waals surface area contributed by atoms with Crippen LogP contribution in [0.2, 0.25) is 0 Å². The van der Waals surface area contributed by atoms with Gasteiger partial charge in [0.15, 0.2) is 0 Å². The minimum absolute atomic E-state index is 1.11. The number of fused-ring (bicyclic) bond motifs is 6. The maximum atomic E-state index is 2.54. The summed E-state index contributed by atoms with van der Waals surface area (Å²) in [5, 5.41) is 4.90. The molecule has 0 saturated heterocycles. The van der Waals surface area contributed by atoms with Gasteiger partial charge in [-0.1, -0.05) is 188 Å². The zero-order valence-corrected chi connectivity index (χ0v) is 43.4. The molecule has 14 aromatic rings. The summed E-state index contributed by atoms with van der Waals surface area (Å²) in [6, 6.07) is 118. The first kappa shape index (κ1) is 45.5. The number of hydrogen-bond donors (Lipinski definition) is 0. The standard InChI is InChI=1S/C72H52N2S2/c1-8-27-53(28-9-1)62-41-22-24-43-66(62)74-68-50-47-54(51-65(68)72-69(74)45-26-46-71(72)76(58-35-16-5-17-36-58,59-37-18-6-19-38-59)60-39-20-7-21-40-60)73-67-44-25-23-42-63(67)64-49-48-61(52-70(64)73)75(55-29-10-2-11-30-55,56-31-12-3-13-32-56)57-33-14-4-15-34-57/h1-52H. The number of para-hydroxylation sites is 2. The van der Waals surface area contributed by atoms with Gasteiger partial charge in [0, 0.05) is 72.0 Å². The Hall–Kier alpha value is -9.06. The number of nitrogens with zero attached hydrogens (tertiary/aromatic N) is 2. The normalized spacial score (nSPS) is 12.4. The van der Waals surface area contributed by atoms with Crippen LogP contribution in [-0.2, 0) is 0 Å². The van der Waals surface area contributed by atoms with Gasteiger partial charge in [0.25, 0.3) is 0 Å². The molecule has 0 radical (unpaired) electrons. The zero-order valence-electron chi connectivity index (χ0n) is 41.7. The van der Waals surface area contributed by atoms with Crippen LogP contribution >= 0.6 is 20.1 Å². The first-order chi connectivity index (χ1) is 37.7. The van der Waals surface area contributed by atoms with E-state index in [1.165, 1.54) is 88.4 Å². The third-order valence-electron chi connectivity index (χ3n) is 15.1. The van der Waals surface area contributed by atoms with Crippen molar-refractivity contribution in [1.29, 1.82) is 0 Å². The summed E-state index contributed by atoms with van der Waals surface area (Å²) < 4.78 is 5.07. The zero-order chi connectivity index (χ0) is 50.5. The monoisotopic (exact) mass is 1010 g/mol. The van der Waals surface area contributed by atoms with Crippen molar-refractivity contribution in [2.75, 3.05) is 0 Å². The summed E-state index contributed by atoms with van der Waals surface area (Å²) in [7, 11) is -4.09. The van der Waals surface area contributed by atoms with Crippen LogP contribution in [0.25, 0.3) is 66.1 Å². The van der Waals surface area contributed by atoms with Crippen molar-refractivity contribution >= 4 is 63.7 Å². The molecule has 2 heterocycles. The third kappa shape index (κ3) is 7.13. The lowest BCUT2D eigenvalue weighted by molar-refractivity contribution is 1.16. The molecule has 2 aromatic heterocycles. The van der Waals surface area contributed by atoms with Gasteiger partial charge >= 0.3 is 0 Å². The summed E-state index contributed by atoms with van der Waals surface area (Å²) in [5.41, 5.74) is 9.28. The van der Waals surface area contributed by atoms with Gasteiger partial charge in [-0.2, -0.15) is 0 Å². The van der Waals surface area contributed by atoms with Gasteiger partial charge in [0.2, 0.25) is 0 Å². The van der Waals surface area contributed by atoms with Crippen LogP contribution in [0.15, 0.2) is 355 Å². The lowest BCUT2D eigenvalue weighted by atomic mass is 10.0. The molecule has 0 bridgehead atoms. The van der Waals surface area contributed by atoms with Crippen molar-refractivity contribution in [3.8, 4) is 22.5 Å². The topological polar surface area (TPSA) is 9.86 Å². The number of aromatic nitrogens is 2. The predicted octanol–water partition coefficient (Wildman–Crippen LogP) is 20.2. The van der Waals surface area contributed by atoms with Crippen molar-refractivity contribution < 1.29 is 0 Å². The van der Waals surface area contributed by atoms with Gasteiger partial charge in [-0.05, 0) is 133 Å². The number of benzene rings is 12. The van der Waals surface area contributed by atoms with E-state index < -0.39 is 20.1 Å². The first-order valence-electron chi connectivity index (χ1n) is 26.0. The second-order valence-corrected chi connectivity index (χ2v) is 25.4. The highest BCUT2D eigenvalue weighted by Crippen LogP contribution is 2.76.